The molecule has 0 fully saturated rings. The summed E-state index contributed by atoms with van der Waals surface area (Å²) in [5.74, 6) is 0.984. The number of aromatic nitrogens is 1. The van der Waals surface area contributed by atoms with Gasteiger partial charge in [0, 0.05) is 29.7 Å². The number of Topliss-reactive ketones (excluding diaryl/α,β-unsaturated/α-hetero) is 1. The molecule has 0 amide bonds. The lowest BCUT2D eigenvalue weighted by molar-refractivity contribution is 0.0956. The fourth-order valence-corrected chi connectivity index (χ4v) is 4.65. The van der Waals surface area contributed by atoms with Crippen LogP contribution in [0.15, 0.2) is 42.5 Å². The monoisotopic (exact) mass is 346 g/mol. The quantitative estimate of drug-likeness (QED) is 0.740. The Balaban J connectivity index is 1.72. The van der Waals surface area contributed by atoms with Gasteiger partial charge in [0.1, 0.15) is 5.75 Å². The fraction of sp³-hybridized carbons (Fsp3) is 0.318. The second kappa shape index (κ2) is 5.99. The van der Waals surface area contributed by atoms with E-state index in [-0.39, 0.29) is 11.7 Å². The fourth-order valence-electron chi connectivity index (χ4n) is 4.65. The number of ketones is 1. The molecule has 0 saturated heterocycles. The molecule has 4 heteroatoms. The second-order valence-corrected chi connectivity index (χ2v) is 7.19. The Morgan fingerprint density at radius 2 is 2.04 bits per heavy atom. The van der Waals surface area contributed by atoms with Gasteiger partial charge in [-0.25, -0.2) is 0 Å². The maximum Gasteiger partial charge on any atom is 0.173 e. The molecule has 3 heterocycles. The molecular formula is C22H22N2O2. The van der Waals surface area contributed by atoms with Gasteiger partial charge in [-0.3, -0.25) is 4.79 Å². The summed E-state index contributed by atoms with van der Waals surface area (Å²) in [6.07, 6.45) is 1.96. The van der Waals surface area contributed by atoms with E-state index >= 15 is 0 Å². The summed E-state index contributed by atoms with van der Waals surface area (Å²) in [6, 6.07) is 14.0. The van der Waals surface area contributed by atoms with Crippen molar-refractivity contribution in [1.29, 1.82) is 0 Å². The minimum Gasteiger partial charge on any atom is -0.497 e. The molecule has 0 saturated carbocycles. The lowest BCUT2D eigenvalue weighted by Crippen LogP contribution is -2.27. The Morgan fingerprint density at radius 1 is 1.19 bits per heavy atom. The van der Waals surface area contributed by atoms with Crippen LogP contribution in [0, 0.1) is 0 Å². The summed E-state index contributed by atoms with van der Waals surface area (Å²) in [6.45, 7) is 2.55. The number of ether oxygens (including phenoxy) is 1. The van der Waals surface area contributed by atoms with Gasteiger partial charge in [0.05, 0.1) is 18.5 Å². The number of hydrogen-bond acceptors (Lipinski definition) is 3. The summed E-state index contributed by atoms with van der Waals surface area (Å²) < 4.78 is 7.93. The van der Waals surface area contributed by atoms with Crippen LogP contribution >= 0.6 is 0 Å². The van der Waals surface area contributed by atoms with Crippen LogP contribution in [0.5, 0.6) is 5.75 Å². The molecule has 3 aromatic rings. The number of nitrogens with one attached hydrogen (secondary N) is 1. The molecule has 1 atom stereocenters. The average Bonchev–Trinajstić information content (AvgIpc) is 3.16. The van der Waals surface area contributed by atoms with E-state index in [1.807, 2.05) is 30.3 Å². The van der Waals surface area contributed by atoms with E-state index in [4.69, 9.17) is 4.74 Å². The lowest BCUT2D eigenvalue weighted by atomic mass is 9.91. The first-order chi connectivity index (χ1) is 12.8. The average molecular weight is 346 g/mol. The van der Waals surface area contributed by atoms with Gasteiger partial charge in [0.25, 0.3) is 0 Å². The van der Waals surface area contributed by atoms with Gasteiger partial charge in [0.2, 0.25) is 0 Å². The Morgan fingerprint density at radius 3 is 2.85 bits per heavy atom. The van der Waals surface area contributed by atoms with Crippen LogP contribution in [0.1, 0.15) is 33.1 Å². The number of carbonyl (C=O) groups is 1. The van der Waals surface area contributed by atoms with E-state index in [0.717, 1.165) is 37.2 Å². The molecule has 4 nitrogen and oxygen atoms in total. The van der Waals surface area contributed by atoms with E-state index in [1.54, 1.807) is 7.11 Å². The van der Waals surface area contributed by atoms with Crippen LogP contribution in [-0.4, -0.2) is 30.5 Å². The van der Waals surface area contributed by atoms with Gasteiger partial charge in [-0.05, 0) is 42.6 Å². The number of aryl methyl sites for hydroxylation is 2. The smallest absolute Gasteiger partial charge is 0.173 e. The molecule has 132 valence electrons. The highest BCUT2D eigenvalue weighted by atomic mass is 16.5. The SMILES string of the molecule is COc1cc2c3c(c1)c1c(n3CC2)C(C(=O)c2ccccc2)CNCC1. The summed E-state index contributed by atoms with van der Waals surface area (Å²) in [4.78, 5) is 13.3. The van der Waals surface area contributed by atoms with E-state index in [0.29, 0.717) is 6.54 Å². The van der Waals surface area contributed by atoms with E-state index in [1.165, 1.54) is 27.7 Å². The standard InChI is InChI=1S/C22H22N2O2/c1-26-16-11-15-8-10-24-20(15)18(12-16)17-7-9-23-13-19(21(17)24)22(25)14-5-3-2-4-6-14/h2-6,11-12,19,23H,7-10,13H2,1H3. The van der Waals surface area contributed by atoms with Gasteiger partial charge < -0.3 is 14.6 Å². The van der Waals surface area contributed by atoms with Gasteiger partial charge >= 0.3 is 0 Å². The summed E-state index contributed by atoms with van der Waals surface area (Å²) in [5, 5.41) is 4.74. The maximum absolute atomic E-state index is 13.3. The number of benzene rings is 2. The van der Waals surface area contributed by atoms with E-state index in [9.17, 15) is 4.79 Å². The van der Waals surface area contributed by atoms with Crippen LogP contribution in [-0.2, 0) is 19.4 Å². The third-order valence-electron chi connectivity index (χ3n) is 5.80. The maximum atomic E-state index is 13.3. The molecule has 1 aromatic heterocycles. The zero-order chi connectivity index (χ0) is 17.7. The number of hydrogen-bond donors (Lipinski definition) is 1. The molecule has 2 aromatic carbocycles. The Labute approximate surface area is 152 Å². The normalized spacial score (nSPS) is 18.6. The molecule has 26 heavy (non-hydrogen) atoms. The zero-order valence-electron chi connectivity index (χ0n) is 14.9. The van der Waals surface area contributed by atoms with Crippen molar-refractivity contribution in [1.82, 2.24) is 9.88 Å². The van der Waals surface area contributed by atoms with Gasteiger partial charge in [0.15, 0.2) is 5.78 Å². The third kappa shape index (κ3) is 2.22. The van der Waals surface area contributed by atoms with Crippen LogP contribution in [0.25, 0.3) is 10.9 Å². The lowest BCUT2D eigenvalue weighted by Gasteiger charge is -2.18. The highest BCUT2D eigenvalue weighted by molar-refractivity contribution is 6.03. The first-order valence-electron chi connectivity index (χ1n) is 9.30. The summed E-state index contributed by atoms with van der Waals surface area (Å²) >= 11 is 0. The molecule has 0 aliphatic carbocycles. The van der Waals surface area contributed by atoms with Crippen molar-refractivity contribution in [2.24, 2.45) is 0 Å². The number of fused-ring (bicyclic) bond motifs is 3. The van der Waals surface area contributed by atoms with Gasteiger partial charge in [-0.1, -0.05) is 30.3 Å². The molecule has 5 rings (SSSR count). The predicted molar refractivity (Wildman–Crippen MR) is 102 cm³/mol. The topological polar surface area (TPSA) is 43.3 Å². The van der Waals surface area contributed by atoms with Crippen molar-refractivity contribution in [3.05, 3.63) is 64.8 Å². The van der Waals surface area contributed by atoms with Crippen LogP contribution in [0.2, 0.25) is 0 Å². The van der Waals surface area contributed by atoms with Crippen LogP contribution in [0.3, 0.4) is 0 Å². The van der Waals surface area contributed by atoms with Gasteiger partial charge in [-0.2, -0.15) is 0 Å². The predicted octanol–water partition coefficient (Wildman–Crippen LogP) is 3.32. The largest absolute Gasteiger partial charge is 0.497 e. The number of rotatable bonds is 3. The van der Waals surface area contributed by atoms with Gasteiger partial charge in [-0.15, -0.1) is 0 Å². The van der Waals surface area contributed by atoms with Crippen molar-refractivity contribution in [2.45, 2.75) is 25.3 Å². The van der Waals surface area contributed by atoms with Crippen molar-refractivity contribution in [3.63, 3.8) is 0 Å². The van der Waals surface area contributed by atoms with Crippen molar-refractivity contribution >= 4 is 16.7 Å². The molecule has 0 bridgehead atoms. The zero-order valence-corrected chi connectivity index (χ0v) is 14.9. The van der Waals surface area contributed by atoms with Crippen molar-refractivity contribution in [2.75, 3.05) is 20.2 Å². The molecule has 1 unspecified atom stereocenters. The molecule has 2 aliphatic rings. The summed E-state index contributed by atoms with van der Waals surface area (Å²) in [5.41, 5.74) is 5.97. The minimum atomic E-state index is -0.140. The van der Waals surface area contributed by atoms with Crippen molar-refractivity contribution in [3.8, 4) is 5.75 Å². The molecule has 0 radical (unpaired) electrons. The minimum absolute atomic E-state index is 0.140. The Hall–Kier alpha value is -2.59. The first kappa shape index (κ1) is 15.6. The highest BCUT2D eigenvalue weighted by Gasteiger charge is 2.33. The molecular weight excluding hydrogens is 324 g/mol. The number of nitrogens with zero attached hydrogens (tertiary/aromatic N) is 1. The van der Waals surface area contributed by atoms with Crippen LogP contribution in [0.4, 0.5) is 0 Å². The second-order valence-electron chi connectivity index (χ2n) is 7.19. The summed E-state index contributed by atoms with van der Waals surface area (Å²) in [7, 11) is 1.72. The van der Waals surface area contributed by atoms with Crippen LogP contribution < -0.4 is 10.1 Å². The number of carbonyl (C=O) groups excluding carboxylic acids is 1. The van der Waals surface area contributed by atoms with Crippen molar-refractivity contribution < 1.29 is 9.53 Å². The third-order valence-corrected chi connectivity index (χ3v) is 5.80. The molecule has 0 spiro atoms. The highest BCUT2D eigenvalue weighted by Crippen LogP contribution is 2.41. The van der Waals surface area contributed by atoms with E-state index < -0.39 is 0 Å². The molecule has 2 aliphatic heterocycles. The Bertz CT molecular complexity index is 1000. The number of methoxy groups -OCH3 is 1. The first-order valence-corrected chi connectivity index (χ1v) is 9.30. The Kier molecular flexibility index (Phi) is 3.61. The molecule has 1 N–H and O–H groups in total. The van der Waals surface area contributed by atoms with E-state index in [2.05, 4.69) is 22.0 Å².